The summed E-state index contributed by atoms with van der Waals surface area (Å²) in [7, 11) is 0. The summed E-state index contributed by atoms with van der Waals surface area (Å²) in [5.74, 6) is -0.0619. The maximum absolute atomic E-state index is 12.5. The molecule has 3 N–H and O–H groups in total. The van der Waals surface area contributed by atoms with Crippen LogP contribution in [0.5, 0.6) is 0 Å². The number of nitrogens with one attached hydrogen (secondary N) is 1. The van der Waals surface area contributed by atoms with Crippen molar-refractivity contribution in [1.29, 1.82) is 0 Å². The number of ether oxygens (including phenoxy) is 1. The summed E-state index contributed by atoms with van der Waals surface area (Å²) in [6.07, 6.45) is 1.53. The van der Waals surface area contributed by atoms with Gasteiger partial charge in [0.05, 0.1) is 5.54 Å². The van der Waals surface area contributed by atoms with Crippen molar-refractivity contribution in [2.24, 2.45) is 5.73 Å². The van der Waals surface area contributed by atoms with Gasteiger partial charge < -0.3 is 15.8 Å². The van der Waals surface area contributed by atoms with Crippen LogP contribution in [0.25, 0.3) is 10.8 Å². The molecule has 0 aromatic heterocycles. The number of carbonyl (C=O) groups is 1. The lowest BCUT2D eigenvalue weighted by Gasteiger charge is -2.37. The highest BCUT2D eigenvalue weighted by molar-refractivity contribution is 5.98. The lowest BCUT2D eigenvalue weighted by Crippen LogP contribution is -2.56. The van der Waals surface area contributed by atoms with Gasteiger partial charge >= 0.3 is 0 Å². The molecule has 1 saturated heterocycles. The molecule has 0 bridgehead atoms. The molecule has 0 saturated carbocycles. The van der Waals surface area contributed by atoms with E-state index in [1.54, 1.807) is 0 Å². The zero-order chi connectivity index (χ0) is 14.7. The van der Waals surface area contributed by atoms with Crippen LogP contribution in [-0.4, -0.2) is 31.2 Å². The molecule has 1 fully saturated rings. The molecule has 0 unspecified atom stereocenters. The van der Waals surface area contributed by atoms with Gasteiger partial charge in [0.25, 0.3) is 5.91 Å². The monoisotopic (exact) mass is 284 g/mol. The zero-order valence-electron chi connectivity index (χ0n) is 12.0. The minimum absolute atomic E-state index is 0.0619. The van der Waals surface area contributed by atoms with Gasteiger partial charge in [-0.2, -0.15) is 0 Å². The van der Waals surface area contributed by atoms with Crippen LogP contribution in [0, 0.1) is 0 Å². The molecule has 0 atom stereocenters. The number of amides is 1. The Kier molecular flexibility index (Phi) is 3.90. The van der Waals surface area contributed by atoms with Gasteiger partial charge in [-0.1, -0.05) is 30.3 Å². The number of carbonyl (C=O) groups excluding carboxylic acids is 1. The Balaban J connectivity index is 1.82. The predicted octanol–water partition coefficient (Wildman–Crippen LogP) is 2.08. The lowest BCUT2D eigenvalue weighted by molar-refractivity contribution is 0.0388. The van der Waals surface area contributed by atoms with E-state index in [0.29, 0.717) is 25.3 Å². The summed E-state index contributed by atoms with van der Waals surface area (Å²) in [5.41, 5.74) is 6.23. The molecule has 1 aliphatic rings. The van der Waals surface area contributed by atoms with Gasteiger partial charge in [-0.05, 0) is 35.7 Å². The third kappa shape index (κ3) is 2.91. The van der Waals surface area contributed by atoms with E-state index in [1.165, 1.54) is 0 Å². The maximum Gasteiger partial charge on any atom is 0.251 e. The van der Waals surface area contributed by atoms with E-state index in [0.717, 1.165) is 23.6 Å². The molecule has 1 aliphatic heterocycles. The largest absolute Gasteiger partial charge is 0.381 e. The van der Waals surface area contributed by atoms with E-state index in [4.69, 9.17) is 10.5 Å². The van der Waals surface area contributed by atoms with E-state index in [9.17, 15) is 4.79 Å². The van der Waals surface area contributed by atoms with Crippen molar-refractivity contribution in [1.82, 2.24) is 5.32 Å². The summed E-state index contributed by atoms with van der Waals surface area (Å²) < 4.78 is 5.36. The molecular formula is C17H20N2O2. The fourth-order valence-corrected chi connectivity index (χ4v) is 2.79. The van der Waals surface area contributed by atoms with Crippen LogP contribution in [-0.2, 0) is 4.74 Å². The quantitative estimate of drug-likeness (QED) is 0.907. The van der Waals surface area contributed by atoms with Crippen molar-refractivity contribution in [3.63, 3.8) is 0 Å². The van der Waals surface area contributed by atoms with Crippen molar-refractivity contribution < 1.29 is 9.53 Å². The van der Waals surface area contributed by atoms with Crippen LogP contribution in [0.1, 0.15) is 23.2 Å². The van der Waals surface area contributed by atoms with Gasteiger partial charge in [-0.25, -0.2) is 0 Å². The number of hydrogen-bond acceptors (Lipinski definition) is 3. The van der Waals surface area contributed by atoms with Crippen molar-refractivity contribution in [2.45, 2.75) is 18.4 Å². The zero-order valence-corrected chi connectivity index (χ0v) is 12.0. The standard InChI is InChI=1S/C17H20N2O2/c18-12-17(7-9-21-10-8-17)19-16(20)15-6-5-13-3-1-2-4-14(13)11-15/h1-6,11H,7-10,12,18H2,(H,19,20). The summed E-state index contributed by atoms with van der Waals surface area (Å²) >= 11 is 0. The highest BCUT2D eigenvalue weighted by Crippen LogP contribution is 2.21. The van der Waals surface area contributed by atoms with Gasteiger partial charge in [0.2, 0.25) is 0 Å². The van der Waals surface area contributed by atoms with E-state index in [1.807, 2.05) is 42.5 Å². The van der Waals surface area contributed by atoms with Gasteiger partial charge in [0.15, 0.2) is 0 Å². The fourth-order valence-electron chi connectivity index (χ4n) is 2.79. The maximum atomic E-state index is 12.5. The average molecular weight is 284 g/mol. The smallest absolute Gasteiger partial charge is 0.251 e. The SMILES string of the molecule is NCC1(NC(=O)c2ccc3ccccc3c2)CCOCC1. The second kappa shape index (κ2) is 5.84. The Morgan fingerprint density at radius 3 is 2.57 bits per heavy atom. The molecule has 2 aromatic carbocycles. The Morgan fingerprint density at radius 2 is 1.86 bits per heavy atom. The Bertz CT molecular complexity index is 648. The van der Waals surface area contributed by atoms with Crippen molar-refractivity contribution >= 4 is 16.7 Å². The van der Waals surface area contributed by atoms with Gasteiger partial charge in [0, 0.05) is 25.3 Å². The van der Waals surface area contributed by atoms with Crippen molar-refractivity contribution in [2.75, 3.05) is 19.8 Å². The third-order valence-electron chi connectivity index (χ3n) is 4.23. The topological polar surface area (TPSA) is 64.3 Å². The van der Waals surface area contributed by atoms with Gasteiger partial charge in [-0.3, -0.25) is 4.79 Å². The molecule has 0 spiro atoms. The van der Waals surface area contributed by atoms with Crippen LogP contribution in [0.2, 0.25) is 0 Å². The molecule has 3 rings (SSSR count). The van der Waals surface area contributed by atoms with Crippen molar-refractivity contribution in [3.05, 3.63) is 48.0 Å². The molecule has 0 aliphatic carbocycles. The number of fused-ring (bicyclic) bond motifs is 1. The molecule has 2 aromatic rings. The fraction of sp³-hybridized carbons (Fsp3) is 0.353. The molecular weight excluding hydrogens is 264 g/mol. The second-order valence-corrected chi connectivity index (χ2v) is 5.61. The van der Waals surface area contributed by atoms with E-state index in [-0.39, 0.29) is 11.4 Å². The number of rotatable bonds is 3. The third-order valence-corrected chi connectivity index (χ3v) is 4.23. The first kappa shape index (κ1) is 14.0. The van der Waals surface area contributed by atoms with Crippen LogP contribution in [0.3, 0.4) is 0 Å². The van der Waals surface area contributed by atoms with Crippen LogP contribution in [0.15, 0.2) is 42.5 Å². The molecule has 1 heterocycles. The first-order valence-corrected chi connectivity index (χ1v) is 7.32. The lowest BCUT2D eigenvalue weighted by atomic mass is 9.89. The average Bonchev–Trinajstić information content (AvgIpc) is 2.55. The summed E-state index contributed by atoms with van der Waals surface area (Å²) in [6, 6.07) is 13.8. The van der Waals surface area contributed by atoms with Crippen LogP contribution >= 0.6 is 0 Å². The van der Waals surface area contributed by atoms with Gasteiger partial charge in [-0.15, -0.1) is 0 Å². The molecule has 4 heteroatoms. The molecule has 4 nitrogen and oxygen atoms in total. The Labute approximate surface area is 124 Å². The Morgan fingerprint density at radius 1 is 1.14 bits per heavy atom. The summed E-state index contributed by atoms with van der Waals surface area (Å²) in [5, 5.41) is 5.32. The highest BCUT2D eigenvalue weighted by atomic mass is 16.5. The van der Waals surface area contributed by atoms with Crippen LogP contribution in [0.4, 0.5) is 0 Å². The van der Waals surface area contributed by atoms with Crippen molar-refractivity contribution in [3.8, 4) is 0 Å². The van der Waals surface area contributed by atoms with Crippen LogP contribution < -0.4 is 11.1 Å². The molecule has 110 valence electrons. The van der Waals surface area contributed by atoms with E-state index < -0.39 is 0 Å². The summed E-state index contributed by atoms with van der Waals surface area (Å²) in [4.78, 5) is 12.5. The van der Waals surface area contributed by atoms with Gasteiger partial charge in [0.1, 0.15) is 0 Å². The van der Waals surface area contributed by atoms with E-state index in [2.05, 4.69) is 5.32 Å². The Hall–Kier alpha value is -1.91. The highest BCUT2D eigenvalue weighted by Gasteiger charge is 2.32. The van der Waals surface area contributed by atoms with E-state index >= 15 is 0 Å². The predicted molar refractivity (Wildman–Crippen MR) is 83.3 cm³/mol. The number of benzene rings is 2. The second-order valence-electron chi connectivity index (χ2n) is 5.61. The minimum Gasteiger partial charge on any atom is -0.381 e. The molecule has 1 amide bonds. The molecule has 21 heavy (non-hydrogen) atoms. The first-order valence-electron chi connectivity index (χ1n) is 7.32. The number of nitrogens with two attached hydrogens (primary N) is 1. The molecule has 0 radical (unpaired) electrons. The summed E-state index contributed by atoms with van der Waals surface area (Å²) in [6.45, 7) is 1.74. The first-order chi connectivity index (χ1) is 10.2. The number of hydrogen-bond donors (Lipinski definition) is 2. The normalized spacial score (nSPS) is 17.6. The minimum atomic E-state index is -0.332.